The zero-order valence-corrected chi connectivity index (χ0v) is 9.11. The summed E-state index contributed by atoms with van der Waals surface area (Å²) in [4.78, 5) is 10.2. The monoisotopic (exact) mass is 220 g/mol. The van der Waals surface area contributed by atoms with Crippen LogP contribution >= 0.6 is 0 Å². The van der Waals surface area contributed by atoms with E-state index in [-0.39, 0.29) is 0 Å². The number of carboxylic acids is 1. The predicted molar refractivity (Wildman–Crippen MR) is 58.7 cm³/mol. The summed E-state index contributed by atoms with van der Waals surface area (Å²) < 4.78 is 10.2. The molecule has 0 radical (unpaired) electrons. The maximum absolute atomic E-state index is 10.2. The molecule has 0 aliphatic rings. The number of carboxylic acid groups (broad SMARTS) is 1. The third-order valence-electron chi connectivity index (χ3n) is 1.94. The molecule has 0 unspecified atom stereocenters. The Bertz CT molecular complexity index is 440. The first-order valence-corrected chi connectivity index (χ1v) is 4.60. The number of benzene rings is 1. The molecule has 0 fully saturated rings. The van der Waals surface area contributed by atoms with Crippen LogP contribution in [0.15, 0.2) is 18.2 Å². The van der Waals surface area contributed by atoms with Gasteiger partial charge in [0, 0.05) is 12.3 Å². The second kappa shape index (κ2) is 5.66. The average molecular weight is 220 g/mol. The van der Waals surface area contributed by atoms with Gasteiger partial charge in [0.2, 0.25) is 0 Å². The van der Waals surface area contributed by atoms with Crippen molar-refractivity contribution in [2.45, 2.75) is 6.42 Å². The van der Waals surface area contributed by atoms with E-state index >= 15 is 0 Å². The second-order valence-corrected chi connectivity index (χ2v) is 2.97. The smallest absolute Gasteiger partial charge is 0.381 e. The van der Waals surface area contributed by atoms with Crippen LogP contribution in [0.3, 0.4) is 0 Å². The normalized spacial score (nSPS) is 8.88. The lowest BCUT2D eigenvalue weighted by Gasteiger charge is -2.07. The molecule has 0 bridgehead atoms. The van der Waals surface area contributed by atoms with Gasteiger partial charge in [-0.15, -0.1) is 0 Å². The van der Waals surface area contributed by atoms with Crippen molar-refractivity contribution in [3.8, 4) is 23.3 Å². The van der Waals surface area contributed by atoms with E-state index in [1.54, 1.807) is 26.4 Å². The Labute approximate surface area is 93.8 Å². The molecule has 0 atom stereocenters. The van der Waals surface area contributed by atoms with Gasteiger partial charge in [-0.1, -0.05) is 12.0 Å². The van der Waals surface area contributed by atoms with Gasteiger partial charge in [0.1, 0.15) is 0 Å². The number of hydrogen-bond donors (Lipinski definition) is 1. The lowest BCUT2D eigenvalue weighted by atomic mass is 10.1. The van der Waals surface area contributed by atoms with E-state index in [1.807, 2.05) is 6.07 Å². The lowest BCUT2D eigenvalue weighted by Crippen LogP contribution is -1.92. The standard InChI is InChI=1S/C12H12O4/c1-15-10-7-6-9(8-11(10)16-2)4-3-5-12(13)14/h6-8H,4H2,1-2H3,(H,13,14). The highest BCUT2D eigenvalue weighted by atomic mass is 16.5. The van der Waals surface area contributed by atoms with Crippen LogP contribution in [-0.2, 0) is 11.2 Å². The van der Waals surface area contributed by atoms with E-state index in [2.05, 4.69) is 11.8 Å². The van der Waals surface area contributed by atoms with Crippen molar-refractivity contribution in [2.75, 3.05) is 14.2 Å². The Morgan fingerprint density at radius 1 is 1.31 bits per heavy atom. The molecule has 1 aromatic rings. The van der Waals surface area contributed by atoms with E-state index in [0.717, 1.165) is 5.56 Å². The summed E-state index contributed by atoms with van der Waals surface area (Å²) >= 11 is 0. The molecule has 0 saturated carbocycles. The topological polar surface area (TPSA) is 55.8 Å². The SMILES string of the molecule is COc1ccc(CC#CC(=O)O)cc1OC. The molecule has 0 aromatic heterocycles. The summed E-state index contributed by atoms with van der Waals surface area (Å²) in [5.41, 5.74) is 0.881. The number of hydrogen-bond acceptors (Lipinski definition) is 3. The first-order valence-electron chi connectivity index (χ1n) is 4.60. The van der Waals surface area contributed by atoms with Gasteiger partial charge in [0.15, 0.2) is 11.5 Å². The molecule has 0 spiro atoms. The number of aliphatic carboxylic acids is 1. The summed E-state index contributed by atoms with van der Waals surface area (Å²) in [6.45, 7) is 0. The average Bonchev–Trinajstić information content (AvgIpc) is 2.28. The third-order valence-corrected chi connectivity index (χ3v) is 1.94. The van der Waals surface area contributed by atoms with Crippen molar-refractivity contribution >= 4 is 5.97 Å². The molecule has 84 valence electrons. The largest absolute Gasteiger partial charge is 0.493 e. The van der Waals surface area contributed by atoms with E-state index in [4.69, 9.17) is 14.6 Å². The molecule has 16 heavy (non-hydrogen) atoms. The van der Waals surface area contributed by atoms with Crippen LogP contribution in [0, 0.1) is 11.8 Å². The molecule has 1 aromatic carbocycles. The summed E-state index contributed by atoms with van der Waals surface area (Å²) in [5.74, 6) is 4.72. The molecule has 4 nitrogen and oxygen atoms in total. The first-order chi connectivity index (χ1) is 7.67. The quantitative estimate of drug-likeness (QED) is 0.781. The molecular formula is C12H12O4. The minimum absolute atomic E-state index is 0.368. The van der Waals surface area contributed by atoms with Gasteiger partial charge in [-0.2, -0.15) is 0 Å². The van der Waals surface area contributed by atoms with Crippen LogP contribution in [-0.4, -0.2) is 25.3 Å². The van der Waals surface area contributed by atoms with E-state index in [1.165, 1.54) is 0 Å². The molecule has 0 aliphatic carbocycles. The molecule has 4 heteroatoms. The maximum atomic E-state index is 10.2. The Balaban J connectivity index is 2.84. The Morgan fingerprint density at radius 2 is 2.00 bits per heavy atom. The third kappa shape index (κ3) is 3.21. The number of rotatable bonds is 3. The molecule has 1 rings (SSSR count). The number of carbonyl (C=O) groups is 1. The maximum Gasteiger partial charge on any atom is 0.381 e. The van der Waals surface area contributed by atoms with Gasteiger partial charge in [-0.05, 0) is 17.7 Å². The minimum atomic E-state index is -1.12. The van der Waals surface area contributed by atoms with Crippen LogP contribution in [0.25, 0.3) is 0 Å². The zero-order valence-electron chi connectivity index (χ0n) is 9.11. The highest BCUT2D eigenvalue weighted by Gasteiger charge is 2.03. The molecular weight excluding hydrogens is 208 g/mol. The molecule has 0 heterocycles. The highest BCUT2D eigenvalue weighted by Crippen LogP contribution is 2.27. The van der Waals surface area contributed by atoms with E-state index < -0.39 is 5.97 Å². The molecule has 1 N–H and O–H groups in total. The summed E-state index contributed by atoms with van der Waals surface area (Å²) in [7, 11) is 3.10. The van der Waals surface area contributed by atoms with Crippen molar-refractivity contribution < 1.29 is 19.4 Å². The van der Waals surface area contributed by atoms with Crippen LogP contribution in [0.1, 0.15) is 5.56 Å². The van der Waals surface area contributed by atoms with E-state index in [9.17, 15) is 4.79 Å². The molecule has 0 saturated heterocycles. The number of ether oxygens (including phenoxy) is 2. The summed E-state index contributed by atoms with van der Waals surface area (Å²) in [6.07, 6.45) is 0.368. The summed E-state index contributed by atoms with van der Waals surface area (Å²) in [5, 5.41) is 8.36. The van der Waals surface area contributed by atoms with Gasteiger partial charge in [0.05, 0.1) is 14.2 Å². The van der Waals surface area contributed by atoms with E-state index in [0.29, 0.717) is 17.9 Å². The fourth-order valence-corrected chi connectivity index (χ4v) is 1.21. The van der Waals surface area contributed by atoms with Gasteiger partial charge < -0.3 is 14.6 Å². The first kappa shape index (κ1) is 11.9. The van der Waals surface area contributed by atoms with Crippen LogP contribution < -0.4 is 9.47 Å². The Morgan fingerprint density at radius 3 is 2.56 bits per heavy atom. The fourth-order valence-electron chi connectivity index (χ4n) is 1.21. The van der Waals surface area contributed by atoms with Gasteiger partial charge >= 0.3 is 5.97 Å². The zero-order chi connectivity index (χ0) is 12.0. The predicted octanol–water partition coefficient (Wildman–Crippen LogP) is 1.33. The molecule has 0 amide bonds. The fraction of sp³-hybridized carbons (Fsp3) is 0.250. The molecule has 0 aliphatic heterocycles. The summed E-state index contributed by atoms with van der Waals surface area (Å²) in [6, 6.07) is 5.35. The van der Waals surface area contributed by atoms with Crippen molar-refractivity contribution in [1.29, 1.82) is 0 Å². The van der Waals surface area contributed by atoms with Crippen molar-refractivity contribution in [3.63, 3.8) is 0 Å². The lowest BCUT2D eigenvalue weighted by molar-refractivity contribution is -0.130. The Hall–Kier alpha value is -2.15. The highest BCUT2D eigenvalue weighted by molar-refractivity contribution is 5.86. The number of methoxy groups -OCH3 is 2. The van der Waals surface area contributed by atoms with Gasteiger partial charge in [-0.25, -0.2) is 4.79 Å². The van der Waals surface area contributed by atoms with Crippen LogP contribution in [0.5, 0.6) is 11.5 Å². The van der Waals surface area contributed by atoms with Crippen molar-refractivity contribution in [2.24, 2.45) is 0 Å². The van der Waals surface area contributed by atoms with Gasteiger partial charge in [0.25, 0.3) is 0 Å². The Kier molecular flexibility index (Phi) is 4.22. The van der Waals surface area contributed by atoms with Gasteiger partial charge in [-0.3, -0.25) is 0 Å². The second-order valence-electron chi connectivity index (χ2n) is 2.97. The van der Waals surface area contributed by atoms with Crippen molar-refractivity contribution in [3.05, 3.63) is 23.8 Å². The minimum Gasteiger partial charge on any atom is -0.493 e. The van der Waals surface area contributed by atoms with Crippen LogP contribution in [0.2, 0.25) is 0 Å². The van der Waals surface area contributed by atoms with Crippen molar-refractivity contribution in [1.82, 2.24) is 0 Å². The van der Waals surface area contributed by atoms with Crippen LogP contribution in [0.4, 0.5) is 0 Å².